The minimum Gasteiger partial charge on any atom is -0.454 e. The van der Waals surface area contributed by atoms with E-state index in [1.54, 1.807) is 49.4 Å². The number of carbonyl (C=O) groups is 4. The minimum absolute atomic E-state index is 0.167. The summed E-state index contributed by atoms with van der Waals surface area (Å²) in [5.74, 6) is -2.07. The topological polar surface area (TPSA) is 93.6 Å². The van der Waals surface area contributed by atoms with Gasteiger partial charge < -0.3 is 4.74 Å². The highest BCUT2D eigenvalue weighted by Crippen LogP contribution is 2.34. The molecular weight excluding hydrogens is 468 g/mol. The maximum atomic E-state index is 13.3. The fourth-order valence-electron chi connectivity index (χ4n) is 4.09. The van der Waals surface area contributed by atoms with Gasteiger partial charge in [0.05, 0.1) is 38.6 Å². The minimum atomic E-state index is -0.717. The Morgan fingerprint density at radius 2 is 1.54 bits per heavy atom. The van der Waals surface area contributed by atoms with Crippen molar-refractivity contribution in [2.75, 3.05) is 11.5 Å². The van der Waals surface area contributed by atoms with Gasteiger partial charge in [-0.1, -0.05) is 41.9 Å². The number of ether oxygens (including phenoxy) is 1. The van der Waals surface area contributed by atoms with Gasteiger partial charge in [-0.05, 0) is 49.4 Å². The molecule has 1 aromatic heterocycles. The zero-order chi connectivity index (χ0) is 24.7. The zero-order valence-corrected chi connectivity index (χ0v) is 19.2. The molecule has 35 heavy (non-hydrogen) atoms. The van der Waals surface area contributed by atoms with Crippen LogP contribution in [-0.4, -0.2) is 35.2 Å². The van der Waals surface area contributed by atoms with Crippen molar-refractivity contribution in [1.82, 2.24) is 4.98 Å². The molecule has 4 aromatic rings. The molecule has 5 rings (SSSR count). The van der Waals surface area contributed by atoms with Gasteiger partial charge >= 0.3 is 5.97 Å². The number of ketones is 1. The smallest absolute Gasteiger partial charge is 0.338 e. The highest BCUT2D eigenvalue weighted by Gasteiger charge is 2.40. The van der Waals surface area contributed by atoms with Crippen molar-refractivity contribution in [3.05, 3.63) is 106 Å². The molecule has 8 heteroatoms. The number of amides is 2. The molecule has 1 aliphatic rings. The number of nitrogens with zero attached hydrogens (tertiary/aromatic N) is 2. The van der Waals surface area contributed by atoms with Gasteiger partial charge in [0.2, 0.25) is 5.78 Å². The number of Topliss-reactive ketones (excluding diaryl/α,β-unsaturated/α-hetero) is 1. The van der Waals surface area contributed by atoms with E-state index in [1.807, 2.05) is 6.07 Å². The van der Waals surface area contributed by atoms with Crippen LogP contribution in [0, 0.1) is 6.92 Å². The molecule has 0 unspecified atom stereocenters. The van der Waals surface area contributed by atoms with E-state index in [0.29, 0.717) is 27.8 Å². The summed E-state index contributed by atoms with van der Waals surface area (Å²) < 4.78 is 5.12. The van der Waals surface area contributed by atoms with Crippen LogP contribution in [0.1, 0.15) is 47.1 Å². The van der Waals surface area contributed by atoms with Gasteiger partial charge in [-0.15, -0.1) is 0 Å². The van der Waals surface area contributed by atoms with Crippen LogP contribution in [0.3, 0.4) is 0 Å². The Morgan fingerprint density at radius 1 is 0.886 bits per heavy atom. The van der Waals surface area contributed by atoms with Crippen LogP contribution in [0.2, 0.25) is 5.02 Å². The number of fused-ring (bicyclic) bond motifs is 3. The van der Waals surface area contributed by atoms with E-state index in [0.717, 1.165) is 4.90 Å². The zero-order valence-electron chi connectivity index (χ0n) is 18.4. The van der Waals surface area contributed by atoms with Gasteiger partial charge in [0.15, 0.2) is 6.61 Å². The summed E-state index contributed by atoms with van der Waals surface area (Å²) >= 11 is 6.01. The van der Waals surface area contributed by atoms with E-state index in [1.165, 1.54) is 24.3 Å². The molecule has 172 valence electrons. The van der Waals surface area contributed by atoms with Gasteiger partial charge in [0.25, 0.3) is 11.8 Å². The van der Waals surface area contributed by atoms with Gasteiger partial charge in [-0.25, -0.2) is 9.69 Å². The first-order chi connectivity index (χ1) is 16.9. The molecule has 0 saturated heterocycles. The molecule has 0 aliphatic carbocycles. The molecule has 2 heterocycles. The summed E-state index contributed by atoms with van der Waals surface area (Å²) in [5.41, 5.74) is 2.44. The summed E-state index contributed by atoms with van der Waals surface area (Å²) in [7, 11) is 0. The molecule has 0 spiro atoms. The lowest BCUT2D eigenvalue weighted by atomic mass is 10.0. The maximum Gasteiger partial charge on any atom is 0.338 e. The molecule has 0 saturated carbocycles. The van der Waals surface area contributed by atoms with Crippen molar-refractivity contribution in [2.24, 2.45) is 0 Å². The average Bonchev–Trinajstić information content (AvgIpc) is 3.13. The lowest BCUT2D eigenvalue weighted by Crippen LogP contribution is -2.29. The van der Waals surface area contributed by atoms with E-state index in [9.17, 15) is 19.2 Å². The largest absolute Gasteiger partial charge is 0.454 e. The highest BCUT2D eigenvalue weighted by atomic mass is 35.5. The Morgan fingerprint density at radius 3 is 2.29 bits per heavy atom. The molecule has 2 amide bonds. The second-order valence-corrected chi connectivity index (χ2v) is 8.34. The number of benzene rings is 3. The Bertz CT molecular complexity index is 1550. The Kier molecular flexibility index (Phi) is 5.62. The van der Waals surface area contributed by atoms with Crippen LogP contribution >= 0.6 is 11.6 Å². The normalized spacial score (nSPS) is 12.7. The predicted octanol–water partition coefficient (Wildman–Crippen LogP) is 5.04. The Hall–Kier alpha value is -4.36. The fourth-order valence-corrected chi connectivity index (χ4v) is 4.34. The molecule has 3 aromatic carbocycles. The number of anilines is 1. The van der Waals surface area contributed by atoms with E-state index < -0.39 is 30.2 Å². The number of imide groups is 1. The molecule has 0 atom stereocenters. The van der Waals surface area contributed by atoms with Crippen molar-refractivity contribution < 1.29 is 23.9 Å². The standard InChI is InChI=1S/C27H17ClN2O5/c1-15-23-24(19-7-3-5-9-21(19)29-15)26(33)30(25(23)32)17-12-10-16(11-13-17)27(34)35-14-22(31)18-6-2-4-8-20(18)28/h2-13H,14H2,1H3. The van der Waals surface area contributed by atoms with E-state index in [4.69, 9.17) is 16.3 Å². The third kappa shape index (κ3) is 3.86. The molecule has 0 fully saturated rings. The Labute approximate surface area is 204 Å². The van der Waals surface area contributed by atoms with Crippen molar-refractivity contribution >= 4 is 51.8 Å². The first kappa shape index (κ1) is 22.4. The number of rotatable bonds is 5. The van der Waals surface area contributed by atoms with Gasteiger partial charge in [-0.2, -0.15) is 0 Å². The van der Waals surface area contributed by atoms with Crippen LogP contribution < -0.4 is 4.90 Å². The number of esters is 1. The summed E-state index contributed by atoms with van der Waals surface area (Å²) in [4.78, 5) is 56.7. The number of halogens is 1. The molecule has 0 radical (unpaired) electrons. The monoisotopic (exact) mass is 484 g/mol. The predicted molar refractivity (Wildman–Crippen MR) is 130 cm³/mol. The molecule has 7 nitrogen and oxygen atoms in total. The first-order valence-electron chi connectivity index (χ1n) is 10.7. The first-order valence-corrected chi connectivity index (χ1v) is 11.1. The van der Waals surface area contributed by atoms with E-state index >= 15 is 0 Å². The molecule has 0 N–H and O–H groups in total. The summed E-state index contributed by atoms with van der Waals surface area (Å²) in [5, 5.41) is 0.884. The molecule has 1 aliphatic heterocycles. The number of hydrogen-bond acceptors (Lipinski definition) is 6. The van der Waals surface area contributed by atoms with E-state index in [2.05, 4.69) is 4.98 Å². The van der Waals surface area contributed by atoms with Crippen molar-refractivity contribution in [3.63, 3.8) is 0 Å². The second-order valence-electron chi connectivity index (χ2n) is 7.94. The fraction of sp³-hybridized carbons (Fsp3) is 0.0741. The van der Waals surface area contributed by atoms with Gasteiger partial charge in [0.1, 0.15) is 0 Å². The van der Waals surface area contributed by atoms with Crippen LogP contribution in [-0.2, 0) is 4.74 Å². The third-order valence-corrected chi connectivity index (χ3v) is 6.11. The van der Waals surface area contributed by atoms with Crippen molar-refractivity contribution in [2.45, 2.75) is 6.92 Å². The summed E-state index contributed by atoms with van der Waals surface area (Å²) in [6, 6.07) is 19.5. The number of hydrogen-bond donors (Lipinski definition) is 0. The van der Waals surface area contributed by atoms with Crippen LogP contribution in [0.25, 0.3) is 10.9 Å². The number of pyridine rings is 1. The average molecular weight is 485 g/mol. The number of aryl methyl sites for hydroxylation is 1. The van der Waals surface area contributed by atoms with E-state index in [-0.39, 0.29) is 21.7 Å². The van der Waals surface area contributed by atoms with Gasteiger partial charge in [0, 0.05) is 10.9 Å². The highest BCUT2D eigenvalue weighted by molar-refractivity contribution is 6.38. The second kappa shape index (κ2) is 8.77. The summed E-state index contributed by atoms with van der Waals surface area (Å²) in [6.45, 7) is 1.23. The molecule has 0 bridgehead atoms. The van der Waals surface area contributed by atoms with Gasteiger partial charge in [-0.3, -0.25) is 19.4 Å². The van der Waals surface area contributed by atoms with Crippen LogP contribution in [0.4, 0.5) is 5.69 Å². The lowest BCUT2D eigenvalue weighted by molar-refractivity contribution is 0.0475. The molecular formula is C27H17ClN2O5. The quantitative estimate of drug-likeness (QED) is 0.224. The van der Waals surface area contributed by atoms with Crippen molar-refractivity contribution in [3.8, 4) is 0 Å². The van der Waals surface area contributed by atoms with Crippen molar-refractivity contribution in [1.29, 1.82) is 0 Å². The Balaban J connectivity index is 1.35. The van der Waals surface area contributed by atoms with Crippen LogP contribution in [0.15, 0.2) is 72.8 Å². The number of para-hydroxylation sites is 1. The number of aromatic nitrogens is 1. The maximum absolute atomic E-state index is 13.3. The number of carbonyl (C=O) groups excluding carboxylic acids is 4. The SMILES string of the molecule is Cc1nc2ccccc2c2c1C(=O)N(c1ccc(C(=O)OCC(=O)c3ccccc3Cl)cc1)C2=O. The van der Waals surface area contributed by atoms with Crippen LogP contribution in [0.5, 0.6) is 0 Å². The third-order valence-electron chi connectivity index (χ3n) is 5.78. The lowest BCUT2D eigenvalue weighted by Gasteiger charge is -2.14. The summed E-state index contributed by atoms with van der Waals surface area (Å²) in [6.07, 6.45) is 0.